The highest BCUT2D eigenvalue weighted by Gasteiger charge is 2.58. The van der Waals surface area contributed by atoms with Gasteiger partial charge in [0.25, 0.3) is 6.71 Å². The van der Waals surface area contributed by atoms with Crippen molar-refractivity contribution >= 4 is 68.6 Å². The second-order valence-electron chi connectivity index (χ2n) is 22.8. The molecule has 0 saturated heterocycles. The Bertz CT molecular complexity index is 3960. The summed E-state index contributed by atoms with van der Waals surface area (Å²) in [5.74, 6) is 0. The Morgan fingerprint density at radius 3 is 1.29 bits per heavy atom. The Morgan fingerprint density at radius 1 is 0.342 bits per heavy atom. The van der Waals surface area contributed by atoms with Crippen molar-refractivity contribution in [2.24, 2.45) is 0 Å². The number of rotatable bonds is 8. The highest BCUT2D eigenvalue weighted by Crippen LogP contribution is 2.62. The van der Waals surface area contributed by atoms with Crippen molar-refractivity contribution in [3.05, 3.63) is 272 Å². The van der Waals surface area contributed by atoms with Crippen molar-refractivity contribution < 1.29 is 0 Å². The Morgan fingerprint density at radius 2 is 0.785 bits per heavy atom. The molecule has 4 heteroatoms. The van der Waals surface area contributed by atoms with Gasteiger partial charge in [0.15, 0.2) is 0 Å². The van der Waals surface area contributed by atoms with Crippen molar-refractivity contribution in [1.29, 1.82) is 0 Å². The second kappa shape index (κ2) is 18.5. The monoisotopic (exact) mass is 1010 g/mol. The van der Waals surface area contributed by atoms with Crippen molar-refractivity contribution in [3.63, 3.8) is 0 Å². The largest absolute Gasteiger partial charge is 0.334 e. The first-order chi connectivity index (χ1) is 38.8. The van der Waals surface area contributed by atoms with Crippen LogP contribution in [0.1, 0.15) is 50.7 Å². The molecule has 378 valence electrons. The topological polar surface area (TPSA) is 9.72 Å². The summed E-state index contributed by atoms with van der Waals surface area (Å²) in [6.45, 7) is 7.34. The van der Waals surface area contributed by atoms with Gasteiger partial charge in [-0.05, 0) is 171 Å². The highest BCUT2D eigenvalue weighted by molar-refractivity contribution is 7.00. The van der Waals surface area contributed by atoms with Gasteiger partial charge in [0, 0.05) is 50.9 Å². The smallest absolute Gasteiger partial charge is 0.252 e. The molecular weight excluding hydrogens is 954 g/mol. The first kappa shape index (κ1) is 47.1. The average molecular weight is 1010 g/mol. The maximum absolute atomic E-state index is 2.80. The summed E-state index contributed by atoms with van der Waals surface area (Å²) in [5.41, 5.74) is 28.1. The maximum Gasteiger partial charge on any atom is 0.252 e. The molecule has 0 radical (unpaired) electrons. The summed E-state index contributed by atoms with van der Waals surface area (Å²) in [4.78, 5) is 8.04. The van der Waals surface area contributed by atoms with Gasteiger partial charge in [0.2, 0.25) is 0 Å². The summed E-state index contributed by atoms with van der Waals surface area (Å²) in [7, 11) is 0. The standard InChI is InChI=1S/C75H60BN3/c1-51-22-16-17-35-64(51)60-38-41-68-65(46-60)74(2)42-18-19-43-75(74,3)79(68)63-49-71-73-72(50-63)78(62-34-21-32-57(45-62)53-25-10-5-11-26-53)70-48-59(55-29-14-7-15-30-55)37-40-67(70)76(73)66-39-36-58(54-27-12-6-13-28-54)47-69(66)77(71)61-33-20-31-56(44-61)52-23-8-4-9-24-52/h4-17,20-41,44-50H,18-19,42-43H2,1-3H3. The van der Waals surface area contributed by atoms with Crippen LogP contribution in [-0.4, -0.2) is 12.3 Å². The van der Waals surface area contributed by atoms with E-state index < -0.39 is 0 Å². The molecule has 0 amide bonds. The predicted octanol–water partition coefficient (Wildman–Crippen LogP) is 18.2. The molecule has 1 fully saturated rings. The number of aryl methyl sites for hydroxylation is 1. The van der Waals surface area contributed by atoms with Crippen LogP contribution in [0.2, 0.25) is 0 Å². The SMILES string of the molecule is Cc1ccccc1-c1ccc2c(c1)C1(C)CCCCC1(C)N2c1cc2c3c(c1)N(c1cccc(-c4ccccc4)c1)c1cc(-c4ccccc4)ccc1B3c1ccc(-c3ccccc3)cc1N2c1cccc(-c2ccccc2)c1. The lowest BCUT2D eigenvalue weighted by Crippen LogP contribution is -2.61. The molecule has 4 aliphatic rings. The third-order valence-electron chi connectivity index (χ3n) is 18.5. The number of hydrogen-bond donors (Lipinski definition) is 0. The zero-order valence-corrected chi connectivity index (χ0v) is 45.1. The number of fused-ring (bicyclic) bond motifs is 7. The van der Waals surface area contributed by atoms with Gasteiger partial charge in [0.1, 0.15) is 0 Å². The quantitative estimate of drug-likeness (QED) is 0.140. The fourth-order valence-electron chi connectivity index (χ4n) is 14.4. The zero-order valence-electron chi connectivity index (χ0n) is 45.1. The average Bonchev–Trinajstić information content (AvgIpc) is 2.95. The lowest BCUT2D eigenvalue weighted by Gasteiger charge is -2.51. The van der Waals surface area contributed by atoms with E-state index in [0.29, 0.717) is 0 Å². The summed E-state index contributed by atoms with van der Waals surface area (Å²) in [5, 5.41) is 0. The van der Waals surface area contributed by atoms with Crippen LogP contribution in [-0.2, 0) is 5.41 Å². The van der Waals surface area contributed by atoms with E-state index >= 15 is 0 Å². The van der Waals surface area contributed by atoms with Crippen LogP contribution in [0.15, 0.2) is 261 Å². The molecule has 2 atom stereocenters. The minimum Gasteiger partial charge on any atom is -0.334 e. The Kier molecular flexibility index (Phi) is 11.1. The maximum atomic E-state index is 2.80. The van der Waals surface area contributed by atoms with Crippen molar-refractivity contribution in [2.75, 3.05) is 14.7 Å². The lowest BCUT2D eigenvalue weighted by atomic mass is 9.33. The third-order valence-corrected chi connectivity index (χ3v) is 18.5. The predicted molar refractivity (Wildman–Crippen MR) is 335 cm³/mol. The van der Waals surface area contributed by atoms with Crippen LogP contribution in [0.4, 0.5) is 45.5 Å². The van der Waals surface area contributed by atoms with Crippen LogP contribution in [0.5, 0.6) is 0 Å². The Balaban J connectivity index is 1.05. The first-order valence-electron chi connectivity index (χ1n) is 28.3. The molecule has 1 saturated carbocycles. The summed E-state index contributed by atoms with van der Waals surface area (Å²) in [6, 6.07) is 98.1. The van der Waals surface area contributed by atoms with Crippen molar-refractivity contribution in [3.8, 4) is 55.6 Å². The number of nitrogens with zero attached hydrogens (tertiary/aromatic N) is 3. The van der Waals surface area contributed by atoms with Gasteiger partial charge in [-0.3, -0.25) is 0 Å². The molecule has 0 bridgehead atoms. The molecule has 3 nitrogen and oxygen atoms in total. The second-order valence-corrected chi connectivity index (χ2v) is 22.8. The molecule has 15 rings (SSSR count). The number of anilines is 8. The summed E-state index contributed by atoms with van der Waals surface area (Å²) in [6.07, 6.45) is 4.61. The van der Waals surface area contributed by atoms with Gasteiger partial charge in [-0.15, -0.1) is 0 Å². The van der Waals surface area contributed by atoms with E-state index in [1.54, 1.807) is 0 Å². The van der Waals surface area contributed by atoms with Crippen LogP contribution in [0.3, 0.4) is 0 Å². The first-order valence-corrected chi connectivity index (χ1v) is 28.3. The van der Waals surface area contributed by atoms with E-state index in [2.05, 4.69) is 296 Å². The van der Waals surface area contributed by atoms with Crippen LogP contribution in [0, 0.1) is 6.92 Å². The summed E-state index contributed by atoms with van der Waals surface area (Å²) < 4.78 is 0. The normalized spacial score (nSPS) is 17.6. The molecule has 2 unspecified atom stereocenters. The zero-order chi connectivity index (χ0) is 52.8. The van der Waals surface area contributed by atoms with Crippen LogP contribution >= 0.6 is 0 Å². The Hall–Kier alpha value is -9.12. The number of hydrogen-bond acceptors (Lipinski definition) is 3. The molecule has 0 aromatic heterocycles. The molecule has 79 heavy (non-hydrogen) atoms. The fraction of sp³-hybridized carbons (Fsp3) is 0.120. The van der Waals surface area contributed by atoms with Gasteiger partial charge in [0.05, 0.1) is 5.54 Å². The molecule has 11 aromatic rings. The minimum absolute atomic E-state index is 0.0705. The molecule has 3 aliphatic heterocycles. The molecule has 0 N–H and O–H groups in total. The highest BCUT2D eigenvalue weighted by atomic mass is 15.3. The van der Waals surface area contributed by atoms with Gasteiger partial charge in [-0.25, -0.2) is 0 Å². The van der Waals surface area contributed by atoms with E-state index in [0.717, 1.165) is 24.2 Å². The Labute approximate surface area is 465 Å². The van der Waals surface area contributed by atoms with Gasteiger partial charge < -0.3 is 14.7 Å². The van der Waals surface area contributed by atoms with Crippen molar-refractivity contribution in [2.45, 2.75) is 57.4 Å². The minimum atomic E-state index is -0.214. The van der Waals surface area contributed by atoms with E-state index in [1.807, 2.05) is 0 Å². The molecule has 0 spiro atoms. The van der Waals surface area contributed by atoms with E-state index in [4.69, 9.17) is 0 Å². The van der Waals surface area contributed by atoms with E-state index in [1.165, 1.54) is 130 Å². The summed E-state index contributed by atoms with van der Waals surface area (Å²) >= 11 is 0. The van der Waals surface area contributed by atoms with Gasteiger partial charge >= 0.3 is 0 Å². The number of benzene rings is 11. The lowest BCUT2D eigenvalue weighted by molar-refractivity contribution is 0.195. The molecule has 1 aliphatic carbocycles. The third kappa shape index (κ3) is 7.49. The van der Waals surface area contributed by atoms with Gasteiger partial charge in [-0.2, -0.15) is 0 Å². The fourth-order valence-corrected chi connectivity index (χ4v) is 14.4. The van der Waals surface area contributed by atoms with Gasteiger partial charge in [-0.1, -0.05) is 220 Å². The molecule has 3 heterocycles. The van der Waals surface area contributed by atoms with E-state index in [-0.39, 0.29) is 17.7 Å². The van der Waals surface area contributed by atoms with Crippen LogP contribution < -0.4 is 31.1 Å². The molecule has 11 aromatic carbocycles. The van der Waals surface area contributed by atoms with E-state index in [9.17, 15) is 0 Å². The molecular formula is C75H60BN3. The van der Waals surface area contributed by atoms with Crippen molar-refractivity contribution in [1.82, 2.24) is 0 Å². The van der Waals surface area contributed by atoms with Crippen LogP contribution in [0.25, 0.3) is 55.6 Å².